The Morgan fingerprint density at radius 1 is 1.12 bits per heavy atom. The van der Waals surface area contributed by atoms with Crippen LogP contribution in [-0.2, 0) is 17.8 Å². The number of carboxylic acids is 1. The van der Waals surface area contributed by atoms with Crippen LogP contribution < -0.4 is 9.47 Å². The molecule has 0 amide bonds. The summed E-state index contributed by atoms with van der Waals surface area (Å²) in [5, 5.41) is 9.76. The number of hydrogen-bond donors (Lipinski definition) is 1. The van der Waals surface area contributed by atoms with Gasteiger partial charge in [-0.15, -0.1) is 0 Å². The number of pyridine rings is 1. The van der Waals surface area contributed by atoms with Crippen LogP contribution in [0.25, 0.3) is 11.1 Å². The summed E-state index contributed by atoms with van der Waals surface area (Å²) in [4.78, 5) is 18.4. The van der Waals surface area contributed by atoms with E-state index in [0.29, 0.717) is 17.4 Å². The molecule has 3 aromatic rings. The number of nitrogens with zero attached hydrogens (tertiary/aromatic N) is 2. The minimum Gasteiger partial charge on any atom is -0.485 e. The first-order chi connectivity index (χ1) is 20.3. The topological polar surface area (TPSA) is 71.9 Å². The van der Waals surface area contributed by atoms with Gasteiger partial charge in [-0.3, -0.25) is 9.69 Å². The van der Waals surface area contributed by atoms with Gasteiger partial charge in [-0.25, -0.2) is 9.37 Å². The molecule has 2 aromatic carbocycles. The van der Waals surface area contributed by atoms with Crippen LogP contribution in [-0.4, -0.2) is 41.2 Å². The summed E-state index contributed by atoms with van der Waals surface area (Å²) in [6.07, 6.45) is 5.02. The van der Waals surface area contributed by atoms with Crippen LogP contribution in [0.1, 0.15) is 67.4 Å². The number of methoxy groups -OCH3 is 1. The van der Waals surface area contributed by atoms with Gasteiger partial charge in [0.05, 0.1) is 19.2 Å². The van der Waals surface area contributed by atoms with Crippen molar-refractivity contribution in [2.45, 2.75) is 58.1 Å². The lowest BCUT2D eigenvalue weighted by Crippen LogP contribution is -2.24. The molecule has 2 aliphatic heterocycles. The van der Waals surface area contributed by atoms with E-state index in [4.69, 9.17) is 9.47 Å². The van der Waals surface area contributed by atoms with Crippen LogP contribution in [0.3, 0.4) is 0 Å². The first-order valence-corrected chi connectivity index (χ1v) is 15.4. The maximum absolute atomic E-state index is 15.1. The zero-order chi connectivity index (χ0) is 29.1. The number of benzene rings is 2. The molecule has 4 aliphatic rings. The van der Waals surface area contributed by atoms with Gasteiger partial charge in [0.2, 0.25) is 5.88 Å². The Kier molecular flexibility index (Phi) is 6.96. The van der Waals surface area contributed by atoms with Crippen LogP contribution in [0.2, 0.25) is 0 Å². The number of fused-ring (bicyclic) bond motifs is 2. The molecule has 1 aromatic heterocycles. The number of aryl methyl sites for hydroxylation is 1. The fraction of sp³-hybridized carbons (Fsp3) is 0.486. The van der Waals surface area contributed by atoms with Crippen LogP contribution in [0.5, 0.6) is 11.6 Å². The molecule has 3 heterocycles. The maximum Gasteiger partial charge on any atom is 0.306 e. The van der Waals surface area contributed by atoms with Gasteiger partial charge >= 0.3 is 5.97 Å². The standard InChI is InChI=1S/C35H39FN2O4/c1-19-28-17-38(18-29(19)28)16-25-12-23(8-10-26(25)27-14-33(41-3)37-15-30(27)36)31-11-9-21-4-7-24(13-32(21)42-31)34(22-5-6-22)20(2)35(39)40/h4,7-8,10,12-15,19-20,22,28-29,31,34H,5-6,9,11,16-18H2,1-3H3,(H,39,40)/t19-,20-,28+,29-,31+,34-/m0/s1. The average molecular weight is 571 g/mol. The molecule has 1 N–H and O–H groups in total. The summed E-state index contributed by atoms with van der Waals surface area (Å²) >= 11 is 0. The third-order valence-corrected chi connectivity index (χ3v) is 10.4. The molecule has 2 aliphatic carbocycles. The van der Waals surface area contributed by atoms with E-state index in [1.807, 2.05) is 13.0 Å². The van der Waals surface area contributed by atoms with E-state index in [2.05, 4.69) is 47.1 Å². The maximum atomic E-state index is 15.1. The molecule has 3 fully saturated rings. The normalized spacial score (nSPS) is 26.1. The Balaban J connectivity index is 1.19. The molecular weight excluding hydrogens is 531 g/mol. The lowest BCUT2D eigenvalue weighted by atomic mass is 9.82. The van der Waals surface area contributed by atoms with Crippen molar-refractivity contribution in [3.8, 4) is 22.8 Å². The summed E-state index contributed by atoms with van der Waals surface area (Å²) in [5.74, 6) is 2.51. The molecule has 1 saturated heterocycles. The number of aliphatic carboxylic acids is 1. The summed E-state index contributed by atoms with van der Waals surface area (Å²) in [6, 6.07) is 14.3. The zero-order valence-corrected chi connectivity index (χ0v) is 24.6. The van der Waals surface area contributed by atoms with Gasteiger partial charge in [-0.2, -0.15) is 0 Å². The highest BCUT2D eigenvalue weighted by Crippen LogP contribution is 2.52. The second-order valence-electron chi connectivity index (χ2n) is 13.0. The third-order valence-electron chi connectivity index (χ3n) is 10.4. The van der Waals surface area contributed by atoms with Crippen LogP contribution >= 0.6 is 0 Å². The second kappa shape index (κ2) is 10.7. The number of carbonyl (C=O) groups is 1. The van der Waals surface area contributed by atoms with Crippen LogP contribution in [0.15, 0.2) is 48.7 Å². The van der Waals surface area contributed by atoms with Crippen molar-refractivity contribution in [1.82, 2.24) is 9.88 Å². The third kappa shape index (κ3) is 5.06. The number of hydrogen-bond acceptors (Lipinski definition) is 5. The molecule has 2 saturated carbocycles. The number of ether oxygens (including phenoxy) is 2. The summed E-state index contributed by atoms with van der Waals surface area (Å²) in [7, 11) is 1.55. The Hall–Kier alpha value is -3.45. The fourth-order valence-electron chi connectivity index (χ4n) is 7.63. The number of halogens is 1. The van der Waals surface area contributed by atoms with Crippen molar-refractivity contribution in [2.75, 3.05) is 20.2 Å². The van der Waals surface area contributed by atoms with Crippen molar-refractivity contribution < 1.29 is 23.8 Å². The molecule has 6 nitrogen and oxygen atoms in total. The summed E-state index contributed by atoms with van der Waals surface area (Å²) < 4.78 is 27.1. The van der Waals surface area contributed by atoms with E-state index in [-0.39, 0.29) is 17.8 Å². The van der Waals surface area contributed by atoms with Gasteiger partial charge in [-0.1, -0.05) is 44.2 Å². The van der Waals surface area contributed by atoms with E-state index in [0.717, 1.165) is 91.1 Å². The monoisotopic (exact) mass is 570 g/mol. The van der Waals surface area contributed by atoms with Gasteiger partial charge in [0.15, 0.2) is 0 Å². The molecule has 7 rings (SSSR count). The number of rotatable bonds is 9. The molecular formula is C35H39FN2O4. The van der Waals surface area contributed by atoms with Gasteiger partial charge in [0.25, 0.3) is 0 Å². The Bertz CT molecular complexity index is 1510. The Morgan fingerprint density at radius 2 is 1.90 bits per heavy atom. The highest BCUT2D eigenvalue weighted by molar-refractivity contribution is 5.71. The van der Waals surface area contributed by atoms with Crippen LogP contribution in [0, 0.1) is 35.4 Å². The van der Waals surface area contributed by atoms with E-state index < -0.39 is 11.9 Å². The van der Waals surface area contributed by atoms with Crippen molar-refractivity contribution in [2.24, 2.45) is 29.6 Å². The molecule has 7 heteroatoms. The smallest absolute Gasteiger partial charge is 0.306 e. The summed E-state index contributed by atoms with van der Waals surface area (Å²) in [6.45, 7) is 7.10. The molecule has 6 atom stereocenters. The van der Waals surface area contributed by atoms with Gasteiger partial charge in [0, 0.05) is 31.3 Å². The van der Waals surface area contributed by atoms with Crippen molar-refractivity contribution in [1.29, 1.82) is 0 Å². The largest absolute Gasteiger partial charge is 0.485 e. The quantitative estimate of drug-likeness (QED) is 0.303. The average Bonchev–Trinajstić information content (AvgIpc) is 3.89. The van der Waals surface area contributed by atoms with Crippen molar-refractivity contribution >= 4 is 5.97 Å². The number of aromatic nitrogens is 1. The summed E-state index contributed by atoms with van der Waals surface area (Å²) in [5.41, 5.74) is 5.76. The molecule has 0 unspecified atom stereocenters. The predicted molar refractivity (Wildman–Crippen MR) is 158 cm³/mol. The van der Waals surface area contributed by atoms with E-state index in [1.54, 1.807) is 13.2 Å². The SMILES string of the molecule is COc1cc(-c2ccc([C@H]3CCc4ccc([C@H](C5CC5)[C@H](C)C(=O)O)cc4O3)cc2CN2C[C@@H]3[C@H](C)[C@@H]3C2)c(F)cn1. The second-order valence-corrected chi connectivity index (χ2v) is 13.0. The first kappa shape index (κ1) is 27.4. The number of piperidine rings is 1. The number of carboxylic acid groups (broad SMARTS) is 1. The molecule has 220 valence electrons. The lowest BCUT2D eigenvalue weighted by molar-refractivity contribution is -0.142. The van der Waals surface area contributed by atoms with Crippen LogP contribution in [0.4, 0.5) is 4.39 Å². The van der Waals surface area contributed by atoms with Crippen molar-refractivity contribution in [3.63, 3.8) is 0 Å². The van der Waals surface area contributed by atoms with E-state index >= 15 is 4.39 Å². The molecule has 0 radical (unpaired) electrons. The minimum absolute atomic E-state index is 0.00399. The lowest BCUT2D eigenvalue weighted by Gasteiger charge is -2.29. The van der Waals surface area contributed by atoms with Gasteiger partial charge in [0.1, 0.15) is 17.7 Å². The Labute approximate surface area is 246 Å². The fourth-order valence-corrected chi connectivity index (χ4v) is 7.63. The van der Waals surface area contributed by atoms with Gasteiger partial charge < -0.3 is 14.6 Å². The van der Waals surface area contributed by atoms with Gasteiger partial charge in [-0.05, 0) is 89.2 Å². The predicted octanol–water partition coefficient (Wildman–Crippen LogP) is 6.87. The van der Waals surface area contributed by atoms with E-state index in [9.17, 15) is 9.90 Å². The zero-order valence-electron chi connectivity index (χ0n) is 24.6. The molecule has 0 spiro atoms. The molecule has 0 bridgehead atoms. The highest BCUT2D eigenvalue weighted by atomic mass is 19.1. The minimum atomic E-state index is -0.746. The molecule has 42 heavy (non-hydrogen) atoms. The Morgan fingerprint density at radius 3 is 2.62 bits per heavy atom. The first-order valence-electron chi connectivity index (χ1n) is 15.4. The van der Waals surface area contributed by atoms with E-state index in [1.165, 1.54) is 11.8 Å². The highest BCUT2D eigenvalue weighted by Gasteiger charge is 2.52. The van der Waals surface area contributed by atoms with Crippen molar-refractivity contribution in [3.05, 3.63) is 76.7 Å². The number of likely N-dealkylation sites (tertiary alicyclic amines) is 1.